The van der Waals surface area contributed by atoms with E-state index in [1.165, 1.54) is 12.1 Å². The van der Waals surface area contributed by atoms with Crippen molar-refractivity contribution in [1.29, 1.82) is 0 Å². The van der Waals surface area contributed by atoms with Gasteiger partial charge in [0.1, 0.15) is 5.82 Å². The van der Waals surface area contributed by atoms with Gasteiger partial charge >= 0.3 is 0 Å². The van der Waals surface area contributed by atoms with E-state index in [2.05, 4.69) is 31.0 Å². The van der Waals surface area contributed by atoms with Crippen LogP contribution in [-0.4, -0.2) is 12.6 Å². The summed E-state index contributed by atoms with van der Waals surface area (Å²) in [6.45, 7) is 6.99. The van der Waals surface area contributed by atoms with Gasteiger partial charge in [0.2, 0.25) is 0 Å². The summed E-state index contributed by atoms with van der Waals surface area (Å²) in [5.74, 6) is -0.188. The van der Waals surface area contributed by atoms with Crippen LogP contribution in [0.3, 0.4) is 0 Å². The first-order chi connectivity index (χ1) is 9.65. The summed E-state index contributed by atoms with van der Waals surface area (Å²) in [6, 6.07) is 17.2. The van der Waals surface area contributed by atoms with Gasteiger partial charge in [0.15, 0.2) is 0 Å². The molecule has 1 atom stereocenters. The van der Waals surface area contributed by atoms with Crippen LogP contribution in [0.5, 0.6) is 0 Å². The minimum absolute atomic E-state index is 0.188. The van der Waals surface area contributed by atoms with E-state index in [4.69, 9.17) is 0 Å². The molecule has 0 aliphatic carbocycles. The van der Waals surface area contributed by atoms with E-state index < -0.39 is 0 Å². The van der Waals surface area contributed by atoms with Gasteiger partial charge in [0.25, 0.3) is 0 Å². The van der Waals surface area contributed by atoms with Crippen molar-refractivity contribution in [2.75, 3.05) is 6.54 Å². The van der Waals surface area contributed by atoms with E-state index in [1.807, 2.05) is 30.3 Å². The second-order valence-electron chi connectivity index (χ2n) is 5.08. The van der Waals surface area contributed by atoms with Gasteiger partial charge in [-0.2, -0.15) is 0 Å². The SMILES string of the molecule is C=C(CNC(C)Cc1ccc(F)cc1)c1ccccc1. The molecule has 0 spiro atoms. The Bertz CT molecular complexity index is 545. The van der Waals surface area contributed by atoms with Crippen LogP contribution in [0.25, 0.3) is 5.57 Å². The van der Waals surface area contributed by atoms with Crippen LogP contribution in [0.15, 0.2) is 61.2 Å². The average molecular weight is 269 g/mol. The lowest BCUT2D eigenvalue weighted by Gasteiger charge is -2.15. The highest BCUT2D eigenvalue weighted by molar-refractivity contribution is 5.64. The maximum absolute atomic E-state index is 12.8. The molecular formula is C18H20FN. The monoisotopic (exact) mass is 269 g/mol. The summed E-state index contributed by atoms with van der Waals surface area (Å²) in [6.07, 6.45) is 0.877. The van der Waals surface area contributed by atoms with Gasteiger partial charge in [-0.05, 0) is 42.2 Å². The highest BCUT2D eigenvalue weighted by Crippen LogP contribution is 2.11. The van der Waals surface area contributed by atoms with E-state index in [-0.39, 0.29) is 5.82 Å². The molecule has 20 heavy (non-hydrogen) atoms. The Morgan fingerprint density at radius 1 is 1.10 bits per heavy atom. The van der Waals surface area contributed by atoms with Crippen LogP contribution in [0.1, 0.15) is 18.1 Å². The van der Waals surface area contributed by atoms with Crippen molar-refractivity contribution in [3.8, 4) is 0 Å². The summed E-state index contributed by atoms with van der Waals surface area (Å²) >= 11 is 0. The van der Waals surface area contributed by atoms with E-state index in [1.54, 1.807) is 0 Å². The maximum atomic E-state index is 12.8. The lowest BCUT2D eigenvalue weighted by molar-refractivity contribution is 0.582. The minimum atomic E-state index is -0.188. The van der Waals surface area contributed by atoms with Crippen molar-refractivity contribution < 1.29 is 4.39 Å². The number of halogens is 1. The molecule has 0 amide bonds. The average Bonchev–Trinajstić information content (AvgIpc) is 2.48. The van der Waals surface area contributed by atoms with Crippen molar-refractivity contribution in [3.05, 3.63) is 78.1 Å². The first-order valence-corrected chi connectivity index (χ1v) is 6.86. The van der Waals surface area contributed by atoms with Crippen molar-refractivity contribution >= 4 is 5.57 Å². The molecule has 1 unspecified atom stereocenters. The Morgan fingerprint density at radius 3 is 2.40 bits per heavy atom. The molecule has 1 N–H and O–H groups in total. The molecule has 0 heterocycles. The molecule has 0 fully saturated rings. The van der Waals surface area contributed by atoms with E-state index in [9.17, 15) is 4.39 Å². The number of hydrogen-bond acceptors (Lipinski definition) is 1. The van der Waals surface area contributed by atoms with Gasteiger partial charge in [-0.3, -0.25) is 0 Å². The Labute approximate surface area is 120 Å². The summed E-state index contributed by atoms with van der Waals surface area (Å²) in [5, 5.41) is 3.45. The Balaban J connectivity index is 1.82. The predicted molar refractivity (Wildman–Crippen MR) is 83.0 cm³/mol. The third-order valence-corrected chi connectivity index (χ3v) is 3.30. The summed E-state index contributed by atoms with van der Waals surface area (Å²) in [5.41, 5.74) is 3.38. The predicted octanol–water partition coefficient (Wildman–Crippen LogP) is 4.06. The first kappa shape index (κ1) is 14.5. The van der Waals surface area contributed by atoms with Gasteiger partial charge in [-0.25, -0.2) is 4.39 Å². The largest absolute Gasteiger partial charge is 0.310 e. The third kappa shape index (κ3) is 4.32. The van der Waals surface area contributed by atoms with Crippen LogP contribution in [0.2, 0.25) is 0 Å². The van der Waals surface area contributed by atoms with Gasteiger partial charge < -0.3 is 5.32 Å². The fraction of sp³-hybridized carbons (Fsp3) is 0.222. The zero-order valence-electron chi connectivity index (χ0n) is 11.8. The van der Waals surface area contributed by atoms with Crippen LogP contribution in [0.4, 0.5) is 4.39 Å². The number of hydrogen-bond donors (Lipinski definition) is 1. The maximum Gasteiger partial charge on any atom is 0.123 e. The smallest absolute Gasteiger partial charge is 0.123 e. The summed E-state index contributed by atoms with van der Waals surface area (Å²) in [4.78, 5) is 0. The zero-order chi connectivity index (χ0) is 14.4. The third-order valence-electron chi connectivity index (χ3n) is 3.30. The lowest BCUT2D eigenvalue weighted by Crippen LogP contribution is -2.29. The second kappa shape index (κ2) is 7.01. The van der Waals surface area contributed by atoms with Gasteiger partial charge in [-0.1, -0.05) is 49.0 Å². The molecule has 0 aliphatic rings. The normalized spacial score (nSPS) is 12.1. The summed E-state index contributed by atoms with van der Waals surface area (Å²) < 4.78 is 12.8. The standard InChI is InChI=1S/C18H20FN/c1-14(17-6-4-3-5-7-17)13-20-15(2)12-16-8-10-18(19)11-9-16/h3-11,15,20H,1,12-13H2,2H3. The molecule has 1 nitrogen and oxygen atoms in total. The van der Waals surface area contributed by atoms with Crippen molar-refractivity contribution in [2.45, 2.75) is 19.4 Å². The quantitative estimate of drug-likeness (QED) is 0.834. The molecule has 2 aromatic rings. The Hall–Kier alpha value is -1.93. The molecule has 2 heteroatoms. The fourth-order valence-electron chi connectivity index (χ4n) is 2.12. The highest BCUT2D eigenvalue weighted by Gasteiger charge is 2.05. The molecule has 2 aromatic carbocycles. The van der Waals surface area contributed by atoms with Gasteiger partial charge in [0, 0.05) is 12.6 Å². The molecule has 0 aromatic heterocycles. The molecule has 0 saturated carbocycles. The molecule has 0 aliphatic heterocycles. The molecule has 0 radical (unpaired) electrons. The number of benzene rings is 2. The molecular weight excluding hydrogens is 249 g/mol. The van der Waals surface area contributed by atoms with Gasteiger partial charge in [0.05, 0.1) is 0 Å². The number of nitrogens with one attached hydrogen (secondary N) is 1. The van der Waals surface area contributed by atoms with E-state index in [0.29, 0.717) is 6.04 Å². The highest BCUT2D eigenvalue weighted by atomic mass is 19.1. The molecule has 0 saturated heterocycles. The zero-order valence-corrected chi connectivity index (χ0v) is 11.8. The van der Waals surface area contributed by atoms with Crippen LogP contribution in [0, 0.1) is 5.82 Å². The van der Waals surface area contributed by atoms with Crippen molar-refractivity contribution in [3.63, 3.8) is 0 Å². The Morgan fingerprint density at radius 2 is 1.75 bits per heavy atom. The fourth-order valence-corrected chi connectivity index (χ4v) is 2.12. The topological polar surface area (TPSA) is 12.0 Å². The minimum Gasteiger partial charge on any atom is -0.310 e. The first-order valence-electron chi connectivity index (χ1n) is 6.86. The van der Waals surface area contributed by atoms with E-state index >= 15 is 0 Å². The second-order valence-corrected chi connectivity index (χ2v) is 5.08. The van der Waals surface area contributed by atoms with Crippen LogP contribution >= 0.6 is 0 Å². The lowest BCUT2D eigenvalue weighted by atomic mass is 10.1. The van der Waals surface area contributed by atoms with Crippen LogP contribution in [-0.2, 0) is 6.42 Å². The van der Waals surface area contributed by atoms with Gasteiger partial charge in [-0.15, -0.1) is 0 Å². The molecule has 104 valence electrons. The molecule has 0 bridgehead atoms. The Kier molecular flexibility index (Phi) is 5.08. The van der Waals surface area contributed by atoms with E-state index in [0.717, 1.165) is 29.7 Å². The molecule has 2 rings (SSSR count). The number of rotatable bonds is 6. The van der Waals surface area contributed by atoms with Crippen LogP contribution < -0.4 is 5.32 Å². The van der Waals surface area contributed by atoms with Crippen molar-refractivity contribution in [1.82, 2.24) is 5.32 Å². The van der Waals surface area contributed by atoms with Crippen molar-refractivity contribution in [2.24, 2.45) is 0 Å². The summed E-state index contributed by atoms with van der Waals surface area (Å²) in [7, 11) is 0.